The predicted molar refractivity (Wildman–Crippen MR) is 82.1 cm³/mol. The number of primary amides is 1. The van der Waals surface area contributed by atoms with Gasteiger partial charge < -0.3 is 16.0 Å². The summed E-state index contributed by atoms with van der Waals surface area (Å²) >= 11 is 0. The lowest BCUT2D eigenvalue weighted by molar-refractivity contribution is -0.124. The van der Waals surface area contributed by atoms with E-state index >= 15 is 0 Å². The number of rotatable bonds is 10. The Balaban J connectivity index is 4.11. The summed E-state index contributed by atoms with van der Waals surface area (Å²) in [5.74, 6) is -0.253. The van der Waals surface area contributed by atoms with Gasteiger partial charge in [0.1, 0.15) is 0 Å². The predicted octanol–water partition coefficient (Wildman–Crippen LogP) is 2.13. The zero-order valence-corrected chi connectivity index (χ0v) is 13.6. The summed E-state index contributed by atoms with van der Waals surface area (Å²) in [5.41, 5.74) is 4.94. The van der Waals surface area contributed by atoms with Crippen LogP contribution in [-0.4, -0.2) is 42.0 Å². The molecule has 0 aromatic heterocycles. The van der Waals surface area contributed by atoms with E-state index in [1.807, 2.05) is 20.8 Å². The van der Waals surface area contributed by atoms with Crippen molar-refractivity contribution in [2.24, 2.45) is 5.73 Å². The Kier molecular flexibility index (Phi) is 8.26. The van der Waals surface area contributed by atoms with E-state index in [9.17, 15) is 4.79 Å². The molecule has 0 aliphatic heterocycles. The van der Waals surface area contributed by atoms with E-state index in [1.165, 1.54) is 6.42 Å². The molecule has 0 saturated heterocycles. The zero-order chi connectivity index (χ0) is 15.1. The van der Waals surface area contributed by atoms with Crippen LogP contribution in [0.4, 0.5) is 0 Å². The molecule has 3 N–H and O–H groups in total. The fourth-order valence-electron chi connectivity index (χ4n) is 2.28. The Morgan fingerprint density at radius 2 is 1.89 bits per heavy atom. The van der Waals surface area contributed by atoms with Crippen molar-refractivity contribution in [2.75, 3.05) is 13.6 Å². The molecule has 1 amide bonds. The van der Waals surface area contributed by atoms with Gasteiger partial charge in [0, 0.05) is 12.1 Å². The SMILES string of the molecule is CCC(C)N(C)CCCCC(C)(NC(C)C)C(N)=O. The molecule has 0 radical (unpaired) electrons. The van der Waals surface area contributed by atoms with Crippen LogP contribution in [0.3, 0.4) is 0 Å². The van der Waals surface area contributed by atoms with E-state index in [1.54, 1.807) is 0 Å². The lowest BCUT2D eigenvalue weighted by atomic mass is 9.93. The molecule has 2 unspecified atom stereocenters. The Bertz CT molecular complexity index is 268. The van der Waals surface area contributed by atoms with Gasteiger partial charge in [-0.25, -0.2) is 0 Å². The summed E-state index contributed by atoms with van der Waals surface area (Å²) in [5, 5.41) is 3.29. The van der Waals surface area contributed by atoms with Crippen LogP contribution in [-0.2, 0) is 4.79 Å². The molecule has 114 valence electrons. The molecule has 4 heteroatoms. The normalized spacial score (nSPS) is 16.6. The number of nitrogens with one attached hydrogen (secondary N) is 1. The molecule has 0 heterocycles. The molecule has 0 fully saturated rings. The Morgan fingerprint density at radius 3 is 2.32 bits per heavy atom. The Morgan fingerprint density at radius 1 is 1.32 bits per heavy atom. The second-order valence-electron chi connectivity index (χ2n) is 6.19. The molecule has 0 aromatic carbocycles. The van der Waals surface area contributed by atoms with Gasteiger partial charge in [-0.1, -0.05) is 6.92 Å². The third-order valence-electron chi connectivity index (χ3n) is 3.93. The number of nitrogens with zero attached hydrogens (tertiary/aromatic N) is 1. The van der Waals surface area contributed by atoms with E-state index in [2.05, 4.69) is 31.1 Å². The molecule has 0 saturated carbocycles. The smallest absolute Gasteiger partial charge is 0.237 e. The van der Waals surface area contributed by atoms with Crippen LogP contribution in [0.25, 0.3) is 0 Å². The minimum atomic E-state index is -0.580. The van der Waals surface area contributed by atoms with Crippen molar-refractivity contribution in [2.45, 2.75) is 77.9 Å². The van der Waals surface area contributed by atoms with Gasteiger partial charge in [0.05, 0.1) is 5.54 Å². The van der Waals surface area contributed by atoms with Crippen LogP contribution in [0.15, 0.2) is 0 Å². The highest BCUT2D eigenvalue weighted by Gasteiger charge is 2.30. The topological polar surface area (TPSA) is 58.4 Å². The molecule has 0 aliphatic rings. The van der Waals surface area contributed by atoms with Gasteiger partial charge in [0.15, 0.2) is 0 Å². The highest BCUT2D eigenvalue weighted by molar-refractivity contribution is 5.84. The van der Waals surface area contributed by atoms with Gasteiger partial charge >= 0.3 is 0 Å². The highest BCUT2D eigenvalue weighted by atomic mass is 16.1. The molecule has 0 rings (SSSR count). The van der Waals surface area contributed by atoms with Crippen molar-refractivity contribution in [3.8, 4) is 0 Å². The average molecular weight is 271 g/mol. The first-order valence-electron chi connectivity index (χ1n) is 7.50. The standard InChI is InChI=1S/C15H33N3O/c1-7-13(4)18(6)11-9-8-10-15(5,14(16)19)17-12(2)3/h12-13,17H,7-11H2,1-6H3,(H2,16,19). The highest BCUT2D eigenvalue weighted by Crippen LogP contribution is 2.15. The lowest BCUT2D eigenvalue weighted by Crippen LogP contribution is -2.55. The number of carbonyl (C=O) groups is 1. The molecule has 4 nitrogen and oxygen atoms in total. The zero-order valence-electron chi connectivity index (χ0n) is 13.6. The minimum Gasteiger partial charge on any atom is -0.368 e. The van der Waals surface area contributed by atoms with Gasteiger partial charge in [-0.2, -0.15) is 0 Å². The third-order valence-corrected chi connectivity index (χ3v) is 3.93. The summed E-state index contributed by atoms with van der Waals surface area (Å²) in [6, 6.07) is 0.886. The van der Waals surface area contributed by atoms with Crippen molar-refractivity contribution in [3.05, 3.63) is 0 Å². The fraction of sp³-hybridized carbons (Fsp3) is 0.933. The summed E-state index contributed by atoms with van der Waals surface area (Å²) < 4.78 is 0. The summed E-state index contributed by atoms with van der Waals surface area (Å²) in [6.07, 6.45) is 4.09. The number of hydrogen-bond acceptors (Lipinski definition) is 3. The number of amides is 1. The Labute approximate surface area is 119 Å². The number of unbranched alkanes of at least 4 members (excludes halogenated alkanes) is 1. The summed E-state index contributed by atoms with van der Waals surface area (Å²) in [4.78, 5) is 14.0. The van der Waals surface area contributed by atoms with Crippen molar-refractivity contribution < 1.29 is 4.79 Å². The molecule has 0 aliphatic carbocycles. The van der Waals surface area contributed by atoms with Gasteiger partial charge in [0.25, 0.3) is 0 Å². The minimum absolute atomic E-state index is 0.253. The first kappa shape index (κ1) is 18.4. The van der Waals surface area contributed by atoms with Gasteiger partial charge in [-0.05, 0) is 67.0 Å². The van der Waals surface area contributed by atoms with E-state index in [0.29, 0.717) is 6.04 Å². The number of nitrogens with two attached hydrogens (primary N) is 1. The Hall–Kier alpha value is -0.610. The largest absolute Gasteiger partial charge is 0.368 e. The first-order valence-corrected chi connectivity index (χ1v) is 7.50. The molecular weight excluding hydrogens is 238 g/mol. The van der Waals surface area contributed by atoms with Crippen molar-refractivity contribution in [1.82, 2.24) is 10.2 Å². The summed E-state index contributed by atoms with van der Waals surface area (Å²) in [6.45, 7) is 11.5. The lowest BCUT2D eigenvalue weighted by Gasteiger charge is -2.30. The summed E-state index contributed by atoms with van der Waals surface area (Å²) in [7, 11) is 2.16. The van der Waals surface area contributed by atoms with Gasteiger partial charge in [-0.15, -0.1) is 0 Å². The molecule has 2 atom stereocenters. The van der Waals surface area contributed by atoms with Crippen molar-refractivity contribution >= 4 is 5.91 Å². The van der Waals surface area contributed by atoms with Crippen LogP contribution in [0, 0.1) is 0 Å². The number of carbonyl (C=O) groups excluding carboxylic acids is 1. The maximum atomic E-state index is 11.6. The van der Waals surface area contributed by atoms with Crippen molar-refractivity contribution in [3.63, 3.8) is 0 Å². The van der Waals surface area contributed by atoms with Crippen LogP contribution in [0.5, 0.6) is 0 Å². The quantitative estimate of drug-likeness (QED) is 0.598. The maximum absolute atomic E-state index is 11.6. The molecule has 0 aromatic rings. The second kappa shape index (κ2) is 8.54. The van der Waals surface area contributed by atoms with E-state index in [0.717, 1.165) is 25.8 Å². The second-order valence-corrected chi connectivity index (χ2v) is 6.19. The number of hydrogen-bond donors (Lipinski definition) is 2. The van der Waals surface area contributed by atoms with Gasteiger partial charge in [0.2, 0.25) is 5.91 Å². The molecule has 0 bridgehead atoms. The first-order chi connectivity index (χ1) is 8.73. The van der Waals surface area contributed by atoms with Crippen LogP contribution in [0.1, 0.15) is 60.3 Å². The maximum Gasteiger partial charge on any atom is 0.237 e. The van der Waals surface area contributed by atoms with E-state index in [-0.39, 0.29) is 11.9 Å². The van der Waals surface area contributed by atoms with Crippen LogP contribution >= 0.6 is 0 Å². The van der Waals surface area contributed by atoms with E-state index < -0.39 is 5.54 Å². The average Bonchev–Trinajstić information content (AvgIpc) is 2.32. The third kappa shape index (κ3) is 6.92. The van der Waals surface area contributed by atoms with Gasteiger partial charge in [-0.3, -0.25) is 4.79 Å². The van der Waals surface area contributed by atoms with Crippen LogP contribution < -0.4 is 11.1 Å². The van der Waals surface area contributed by atoms with Crippen molar-refractivity contribution in [1.29, 1.82) is 0 Å². The molecule has 19 heavy (non-hydrogen) atoms. The molecule has 0 spiro atoms. The van der Waals surface area contributed by atoms with E-state index in [4.69, 9.17) is 5.73 Å². The fourth-order valence-corrected chi connectivity index (χ4v) is 2.28. The molecular formula is C15H33N3O. The monoisotopic (exact) mass is 271 g/mol. The van der Waals surface area contributed by atoms with Crippen LogP contribution in [0.2, 0.25) is 0 Å².